The summed E-state index contributed by atoms with van der Waals surface area (Å²) in [4.78, 5) is 14.5. The predicted molar refractivity (Wildman–Crippen MR) is 75.1 cm³/mol. The van der Waals surface area contributed by atoms with Crippen molar-refractivity contribution in [2.75, 3.05) is 39.9 Å². The third-order valence-electron chi connectivity index (χ3n) is 4.34. The lowest BCUT2D eigenvalue weighted by Crippen LogP contribution is -2.59. The Morgan fingerprint density at radius 3 is 2.74 bits per heavy atom. The summed E-state index contributed by atoms with van der Waals surface area (Å²) in [5.74, 6) is 0.862. The van der Waals surface area contributed by atoms with Crippen molar-refractivity contribution in [1.29, 1.82) is 0 Å². The zero-order chi connectivity index (χ0) is 13.7. The molecule has 1 amide bonds. The van der Waals surface area contributed by atoms with Crippen molar-refractivity contribution in [3.63, 3.8) is 0 Å². The Labute approximate surface area is 116 Å². The Balaban J connectivity index is 1.68. The molecule has 3 heterocycles. The van der Waals surface area contributed by atoms with Gasteiger partial charge in [-0.05, 0) is 45.2 Å². The molecule has 5 nitrogen and oxygen atoms in total. The average Bonchev–Trinajstić information content (AvgIpc) is 2.44. The number of piperidine rings is 3. The quantitative estimate of drug-likeness (QED) is 0.649. The van der Waals surface area contributed by atoms with Crippen molar-refractivity contribution < 1.29 is 9.53 Å². The van der Waals surface area contributed by atoms with E-state index in [1.54, 1.807) is 7.11 Å². The van der Waals surface area contributed by atoms with E-state index in [9.17, 15) is 4.79 Å². The highest BCUT2D eigenvalue weighted by Crippen LogP contribution is 2.27. The second-order valence-electron chi connectivity index (χ2n) is 5.77. The highest BCUT2D eigenvalue weighted by molar-refractivity contribution is 5.81. The molecule has 3 saturated heterocycles. The number of amides is 1. The Kier molecular flexibility index (Phi) is 5.60. The summed E-state index contributed by atoms with van der Waals surface area (Å²) >= 11 is 0. The molecule has 0 aromatic carbocycles. The summed E-state index contributed by atoms with van der Waals surface area (Å²) in [6.45, 7) is 6.93. The number of nitrogens with zero attached hydrogens (tertiary/aromatic N) is 1. The van der Waals surface area contributed by atoms with Crippen molar-refractivity contribution >= 4 is 5.91 Å². The van der Waals surface area contributed by atoms with Gasteiger partial charge >= 0.3 is 0 Å². The maximum Gasteiger partial charge on any atom is 0.236 e. The second kappa shape index (κ2) is 7.22. The van der Waals surface area contributed by atoms with Crippen LogP contribution in [0.15, 0.2) is 0 Å². The molecule has 2 N–H and O–H groups in total. The van der Waals surface area contributed by atoms with E-state index in [0.717, 1.165) is 18.9 Å². The largest absolute Gasteiger partial charge is 0.385 e. The van der Waals surface area contributed by atoms with E-state index in [4.69, 9.17) is 4.74 Å². The molecule has 3 rings (SSSR count). The van der Waals surface area contributed by atoms with Crippen LogP contribution >= 0.6 is 0 Å². The van der Waals surface area contributed by atoms with Crippen LogP contribution in [0.25, 0.3) is 0 Å². The summed E-state index contributed by atoms with van der Waals surface area (Å²) in [6, 6.07) is 0.385. The van der Waals surface area contributed by atoms with Crippen molar-refractivity contribution in [3.05, 3.63) is 0 Å². The van der Waals surface area contributed by atoms with Crippen LogP contribution in [0.1, 0.15) is 26.2 Å². The van der Waals surface area contributed by atoms with Gasteiger partial charge in [-0.1, -0.05) is 0 Å². The van der Waals surface area contributed by atoms with Crippen LogP contribution < -0.4 is 10.6 Å². The highest BCUT2D eigenvalue weighted by atomic mass is 16.5. The third-order valence-corrected chi connectivity index (χ3v) is 4.34. The van der Waals surface area contributed by atoms with Gasteiger partial charge < -0.3 is 20.3 Å². The van der Waals surface area contributed by atoms with Gasteiger partial charge in [0.1, 0.15) is 0 Å². The minimum absolute atomic E-state index is 0.104. The Hall–Kier alpha value is -0.650. The molecule has 3 aliphatic heterocycles. The lowest BCUT2D eigenvalue weighted by molar-refractivity contribution is -0.123. The second-order valence-corrected chi connectivity index (χ2v) is 5.77. The SMILES string of the molecule is COCCCNC(=O)C(C)NC1CN2CCC1CC2. The minimum atomic E-state index is -0.104. The van der Waals surface area contributed by atoms with Gasteiger partial charge in [0.25, 0.3) is 0 Å². The molecule has 5 heteroatoms. The van der Waals surface area contributed by atoms with Crippen molar-refractivity contribution in [2.24, 2.45) is 5.92 Å². The summed E-state index contributed by atoms with van der Waals surface area (Å²) in [5.41, 5.74) is 0. The number of fused-ring (bicyclic) bond motifs is 3. The first-order chi connectivity index (χ1) is 9.20. The van der Waals surface area contributed by atoms with Crippen LogP contribution in [0.5, 0.6) is 0 Å². The number of nitrogens with one attached hydrogen (secondary N) is 2. The first-order valence-electron chi connectivity index (χ1n) is 7.45. The van der Waals surface area contributed by atoms with Crippen molar-refractivity contribution in [1.82, 2.24) is 15.5 Å². The number of ether oxygens (including phenoxy) is 1. The molecular weight excluding hydrogens is 242 g/mol. The lowest BCUT2D eigenvalue weighted by Gasteiger charge is -2.45. The first-order valence-corrected chi connectivity index (χ1v) is 7.45. The molecule has 0 spiro atoms. The smallest absolute Gasteiger partial charge is 0.236 e. The van der Waals surface area contributed by atoms with Gasteiger partial charge in [0, 0.05) is 32.8 Å². The zero-order valence-electron chi connectivity index (χ0n) is 12.2. The summed E-state index contributed by atoms with van der Waals surface area (Å²) < 4.78 is 4.97. The molecule has 0 aliphatic carbocycles. The molecule has 19 heavy (non-hydrogen) atoms. The molecule has 0 aromatic heterocycles. The van der Waals surface area contributed by atoms with E-state index in [1.165, 1.54) is 25.9 Å². The van der Waals surface area contributed by atoms with Gasteiger partial charge in [-0.15, -0.1) is 0 Å². The molecule has 2 unspecified atom stereocenters. The number of carbonyl (C=O) groups excluding carboxylic acids is 1. The van der Waals surface area contributed by atoms with E-state index in [-0.39, 0.29) is 11.9 Å². The topological polar surface area (TPSA) is 53.6 Å². The Morgan fingerprint density at radius 1 is 1.42 bits per heavy atom. The average molecular weight is 269 g/mol. The number of rotatable bonds is 7. The lowest BCUT2D eigenvalue weighted by atomic mass is 9.83. The van der Waals surface area contributed by atoms with Gasteiger partial charge in [-0.3, -0.25) is 4.79 Å². The van der Waals surface area contributed by atoms with Gasteiger partial charge in [0.05, 0.1) is 6.04 Å². The molecule has 2 bridgehead atoms. The third kappa shape index (κ3) is 4.16. The van der Waals surface area contributed by atoms with Crippen LogP contribution in [-0.2, 0) is 9.53 Å². The molecule has 0 aromatic rings. The van der Waals surface area contributed by atoms with Crippen LogP contribution in [0.4, 0.5) is 0 Å². The van der Waals surface area contributed by atoms with Gasteiger partial charge in [0.2, 0.25) is 5.91 Å². The van der Waals surface area contributed by atoms with E-state index in [1.807, 2.05) is 6.92 Å². The molecule has 0 radical (unpaired) electrons. The fourth-order valence-corrected chi connectivity index (χ4v) is 3.13. The van der Waals surface area contributed by atoms with Crippen molar-refractivity contribution in [3.8, 4) is 0 Å². The predicted octanol–water partition coefficient (Wildman–Crippen LogP) is 0.211. The molecule has 2 atom stereocenters. The fraction of sp³-hybridized carbons (Fsp3) is 0.929. The van der Waals surface area contributed by atoms with E-state index >= 15 is 0 Å². The van der Waals surface area contributed by atoms with Crippen LogP contribution in [0.2, 0.25) is 0 Å². The minimum Gasteiger partial charge on any atom is -0.385 e. The van der Waals surface area contributed by atoms with Gasteiger partial charge in [-0.25, -0.2) is 0 Å². The number of hydrogen-bond acceptors (Lipinski definition) is 4. The molecule has 110 valence electrons. The Bertz CT molecular complexity index is 290. The van der Waals surface area contributed by atoms with Crippen LogP contribution in [0, 0.1) is 5.92 Å². The number of methoxy groups -OCH3 is 1. The molecular formula is C14H27N3O2. The zero-order valence-corrected chi connectivity index (χ0v) is 12.2. The van der Waals surface area contributed by atoms with Crippen molar-refractivity contribution in [2.45, 2.75) is 38.3 Å². The van der Waals surface area contributed by atoms with E-state index < -0.39 is 0 Å². The number of carbonyl (C=O) groups is 1. The summed E-state index contributed by atoms with van der Waals surface area (Å²) in [5, 5.41) is 6.46. The highest BCUT2D eigenvalue weighted by Gasteiger charge is 2.35. The van der Waals surface area contributed by atoms with Crippen LogP contribution in [-0.4, -0.2) is 62.8 Å². The van der Waals surface area contributed by atoms with E-state index in [0.29, 0.717) is 19.2 Å². The van der Waals surface area contributed by atoms with E-state index in [2.05, 4.69) is 15.5 Å². The first kappa shape index (κ1) is 14.8. The summed E-state index contributed by atoms with van der Waals surface area (Å²) in [6.07, 6.45) is 3.43. The standard InChI is InChI=1S/C14H27N3O2/c1-11(14(18)15-6-3-9-19-2)16-13-10-17-7-4-12(13)5-8-17/h11-13,16H,3-10H2,1-2H3,(H,15,18). The summed E-state index contributed by atoms with van der Waals surface area (Å²) in [7, 11) is 1.68. The normalized spacial score (nSPS) is 31.2. The monoisotopic (exact) mass is 269 g/mol. The maximum absolute atomic E-state index is 12.0. The molecule has 3 fully saturated rings. The Morgan fingerprint density at radius 2 is 2.16 bits per heavy atom. The molecule has 0 saturated carbocycles. The van der Waals surface area contributed by atoms with Crippen LogP contribution in [0.3, 0.4) is 0 Å². The number of hydrogen-bond donors (Lipinski definition) is 2. The fourth-order valence-electron chi connectivity index (χ4n) is 3.13. The molecule has 3 aliphatic rings. The van der Waals surface area contributed by atoms with Gasteiger partial charge in [0.15, 0.2) is 0 Å². The maximum atomic E-state index is 12.0. The van der Waals surface area contributed by atoms with Gasteiger partial charge in [-0.2, -0.15) is 0 Å².